The molecule has 252 valence electrons. The number of hydrogen-bond donors (Lipinski definition) is 0. The van der Waals surface area contributed by atoms with Crippen LogP contribution in [0.15, 0.2) is 200 Å². The first kappa shape index (κ1) is 15.8. The Morgan fingerprint density at radius 2 is 0.611 bits per heavy atom. The van der Waals surface area contributed by atoms with Crippen molar-refractivity contribution >= 4 is 32.3 Å². The van der Waals surface area contributed by atoms with Gasteiger partial charge in [-0.05, 0) is 77.8 Å². The molecule has 0 fully saturated rings. The summed E-state index contributed by atoms with van der Waals surface area (Å²) in [5.74, 6) is 0.000541. The van der Waals surface area contributed by atoms with Crippen LogP contribution in [0.4, 0.5) is 0 Å². The fourth-order valence-corrected chi connectivity index (χ4v) is 5.91. The molecule has 0 bridgehead atoms. The zero-order valence-corrected chi connectivity index (χ0v) is 27.6. The van der Waals surface area contributed by atoms with Gasteiger partial charge in [-0.25, -0.2) is 15.0 Å². The molecular formula is C51H33N3. The van der Waals surface area contributed by atoms with E-state index in [-0.39, 0.29) is 17.5 Å². The summed E-state index contributed by atoms with van der Waals surface area (Å²) in [6, 6.07) is -2.68. The van der Waals surface area contributed by atoms with Crippen molar-refractivity contribution in [2.45, 2.75) is 0 Å². The zero-order chi connectivity index (χ0) is 55.9. The standard InChI is InChI=1S/C51H33N3/c1-3-12-37(13-4-1)49-52-50(38-14-5-2-6-15-38)54-51(53-49)39-28-26-35(27-29-39)41-17-11-16-40(32-41)34-22-24-36(25-23-34)42-30-31-47-45-20-8-7-18-43(45)44-19-9-10-21-46(44)48(47)33-42/h1-33H/i7D,8D,9D,10D,11D,16D,17D,18D,19D,20D,21D,22D,23D,24D,25D,26D,27D,28D,29D,30D,31D,32D,33D. The minimum atomic E-state index is -1.04. The van der Waals surface area contributed by atoms with E-state index in [1.54, 1.807) is 60.7 Å². The largest absolute Gasteiger partial charge is 0.208 e. The molecule has 10 rings (SSSR count). The van der Waals surface area contributed by atoms with E-state index in [4.69, 9.17) is 15.1 Å². The second-order valence-corrected chi connectivity index (χ2v) is 11.8. The van der Waals surface area contributed by atoms with Crippen molar-refractivity contribution in [2.24, 2.45) is 0 Å². The van der Waals surface area contributed by atoms with Crippen LogP contribution in [0, 0.1) is 0 Å². The molecule has 0 amide bonds. The Bertz CT molecular complexity index is 4140. The minimum absolute atomic E-state index is 0.132. The molecule has 1 heterocycles. The first-order valence-electron chi connectivity index (χ1n) is 27.9. The number of rotatable bonds is 6. The van der Waals surface area contributed by atoms with Gasteiger partial charge in [-0.15, -0.1) is 0 Å². The van der Waals surface area contributed by atoms with Crippen molar-refractivity contribution < 1.29 is 31.5 Å². The Morgan fingerprint density at radius 1 is 0.259 bits per heavy atom. The van der Waals surface area contributed by atoms with Crippen molar-refractivity contribution in [1.29, 1.82) is 0 Å². The lowest BCUT2D eigenvalue weighted by Crippen LogP contribution is -2.00. The van der Waals surface area contributed by atoms with Gasteiger partial charge in [-0.3, -0.25) is 0 Å². The Hall–Kier alpha value is -7.23. The Labute approximate surface area is 346 Å². The lowest BCUT2D eigenvalue weighted by atomic mass is 9.91. The van der Waals surface area contributed by atoms with Crippen LogP contribution in [-0.2, 0) is 0 Å². The number of nitrogens with zero attached hydrogens (tertiary/aromatic N) is 3. The first-order valence-corrected chi connectivity index (χ1v) is 16.4. The van der Waals surface area contributed by atoms with Crippen LogP contribution in [0.25, 0.3) is 99.9 Å². The Morgan fingerprint density at radius 3 is 1.07 bits per heavy atom. The van der Waals surface area contributed by atoms with Gasteiger partial charge < -0.3 is 0 Å². The maximum absolute atomic E-state index is 9.60. The Kier molecular flexibility index (Phi) is 3.92. The van der Waals surface area contributed by atoms with Crippen molar-refractivity contribution in [3.63, 3.8) is 0 Å². The first-order chi connectivity index (χ1) is 36.4. The summed E-state index contributed by atoms with van der Waals surface area (Å²) in [6.07, 6.45) is 0. The predicted octanol–water partition coefficient (Wildman–Crippen LogP) is 13.3. The van der Waals surface area contributed by atoms with E-state index >= 15 is 0 Å². The van der Waals surface area contributed by atoms with Crippen LogP contribution in [0.5, 0.6) is 0 Å². The van der Waals surface area contributed by atoms with Gasteiger partial charge in [0.15, 0.2) is 17.5 Å². The predicted molar refractivity (Wildman–Crippen MR) is 225 cm³/mol. The molecular weight excluding hydrogens is 655 g/mol. The summed E-state index contributed by atoms with van der Waals surface area (Å²) < 4.78 is 208. The summed E-state index contributed by atoms with van der Waals surface area (Å²) in [5.41, 5.74) is -3.96. The maximum Gasteiger partial charge on any atom is 0.164 e. The molecule has 1 aromatic heterocycles. The van der Waals surface area contributed by atoms with Crippen molar-refractivity contribution in [2.75, 3.05) is 0 Å². The van der Waals surface area contributed by atoms with Gasteiger partial charge in [-0.1, -0.05) is 188 Å². The summed E-state index contributed by atoms with van der Waals surface area (Å²) in [5, 5.41) is -2.87. The summed E-state index contributed by atoms with van der Waals surface area (Å²) in [7, 11) is 0. The molecule has 0 spiro atoms. The molecule has 3 heteroatoms. The molecule has 0 aliphatic carbocycles. The van der Waals surface area contributed by atoms with Gasteiger partial charge in [0, 0.05) is 16.7 Å². The molecule has 0 atom stereocenters. The Balaban J connectivity index is 1.22. The smallest absolute Gasteiger partial charge is 0.164 e. The average molecular weight is 711 g/mol. The molecule has 0 saturated carbocycles. The second-order valence-electron chi connectivity index (χ2n) is 11.8. The highest BCUT2D eigenvalue weighted by Gasteiger charge is 2.13. The third-order valence-corrected chi connectivity index (χ3v) is 8.49. The highest BCUT2D eigenvalue weighted by molar-refractivity contribution is 6.25. The molecule has 0 saturated heterocycles. The number of aromatic nitrogens is 3. The quantitative estimate of drug-likeness (QED) is 0.161. The van der Waals surface area contributed by atoms with Crippen LogP contribution >= 0.6 is 0 Å². The van der Waals surface area contributed by atoms with Crippen LogP contribution in [-0.4, -0.2) is 15.0 Å². The molecule has 0 unspecified atom stereocenters. The topological polar surface area (TPSA) is 38.7 Å². The van der Waals surface area contributed by atoms with E-state index in [0.717, 1.165) is 0 Å². The van der Waals surface area contributed by atoms with E-state index < -0.39 is 210 Å². The molecule has 0 aliphatic rings. The van der Waals surface area contributed by atoms with Crippen LogP contribution in [0.3, 0.4) is 0 Å². The lowest BCUT2D eigenvalue weighted by Gasteiger charge is -2.12. The summed E-state index contributed by atoms with van der Waals surface area (Å²) in [4.78, 5) is 13.7. The fraction of sp³-hybridized carbons (Fsp3) is 0. The third kappa shape index (κ3) is 5.78. The zero-order valence-electron chi connectivity index (χ0n) is 50.6. The number of hydrogen-bond acceptors (Lipinski definition) is 3. The van der Waals surface area contributed by atoms with Gasteiger partial charge in [0.2, 0.25) is 0 Å². The van der Waals surface area contributed by atoms with E-state index in [1.165, 1.54) is 0 Å². The summed E-state index contributed by atoms with van der Waals surface area (Å²) >= 11 is 0. The lowest BCUT2D eigenvalue weighted by molar-refractivity contribution is 1.07. The van der Waals surface area contributed by atoms with Crippen molar-refractivity contribution in [1.82, 2.24) is 15.0 Å². The van der Waals surface area contributed by atoms with E-state index in [1.807, 2.05) is 0 Å². The van der Waals surface area contributed by atoms with Crippen LogP contribution in [0.2, 0.25) is 0 Å². The average Bonchev–Trinajstić information content (AvgIpc) is 3.48. The third-order valence-electron chi connectivity index (χ3n) is 8.49. The molecule has 9 aromatic carbocycles. The molecule has 0 N–H and O–H groups in total. The van der Waals surface area contributed by atoms with Gasteiger partial charge in [0.1, 0.15) is 0 Å². The second kappa shape index (κ2) is 13.4. The molecule has 3 nitrogen and oxygen atoms in total. The maximum atomic E-state index is 9.60. The fourth-order valence-electron chi connectivity index (χ4n) is 5.91. The highest BCUT2D eigenvalue weighted by atomic mass is 15.0. The van der Waals surface area contributed by atoms with E-state index in [9.17, 15) is 16.4 Å². The molecule has 54 heavy (non-hydrogen) atoms. The highest BCUT2D eigenvalue weighted by Crippen LogP contribution is 2.38. The molecule has 10 aromatic rings. The van der Waals surface area contributed by atoms with Crippen molar-refractivity contribution in [3.8, 4) is 67.5 Å². The van der Waals surface area contributed by atoms with Gasteiger partial charge in [0.05, 0.1) is 31.5 Å². The van der Waals surface area contributed by atoms with E-state index in [2.05, 4.69) is 15.0 Å². The van der Waals surface area contributed by atoms with Gasteiger partial charge >= 0.3 is 0 Å². The van der Waals surface area contributed by atoms with Gasteiger partial charge in [0.25, 0.3) is 0 Å². The molecule has 0 radical (unpaired) electrons. The van der Waals surface area contributed by atoms with Crippen LogP contribution < -0.4 is 0 Å². The van der Waals surface area contributed by atoms with Gasteiger partial charge in [-0.2, -0.15) is 0 Å². The normalized spacial score (nSPS) is 17.3. The van der Waals surface area contributed by atoms with E-state index in [0.29, 0.717) is 11.1 Å². The SMILES string of the molecule is [2H]c1c([2H])c(-c2c([2H])c([2H])c(-c3nc(-c4ccccc4)nc(-c4ccccc4)n3)c([2H])c2[2H])c([2H])c(-c2c([2H])c([2H])c(-c3c([2H])c([2H])c4c5c([2H])c([2H])c([2H])c([2H])c5c5c([2H])c([2H])c([2H])c([2H])c5c4c3[2H])c([2H])c2[2H])c1[2H]. The number of fused-ring (bicyclic) bond motifs is 6. The monoisotopic (exact) mass is 710 g/mol. The number of benzene rings is 9. The molecule has 0 aliphatic heterocycles. The van der Waals surface area contributed by atoms with Crippen LogP contribution in [0.1, 0.15) is 31.5 Å². The van der Waals surface area contributed by atoms with Crippen molar-refractivity contribution in [3.05, 3.63) is 200 Å². The minimum Gasteiger partial charge on any atom is -0.208 e. The summed E-state index contributed by atoms with van der Waals surface area (Å²) in [6.45, 7) is 0.